The van der Waals surface area contributed by atoms with Gasteiger partial charge in [-0.1, -0.05) is 19.3 Å². The SMILES string of the molecule is NC(Cc1ccsc1)Cc1ccn(C2CCCCC2)n1. The minimum atomic E-state index is 0.166. The van der Waals surface area contributed by atoms with Gasteiger partial charge in [-0.15, -0.1) is 0 Å². The van der Waals surface area contributed by atoms with Crippen molar-refractivity contribution in [2.45, 2.75) is 57.0 Å². The van der Waals surface area contributed by atoms with Gasteiger partial charge in [0.05, 0.1) is 11.7 Å². The summed E-state index contributed by atoms with van der Waals surface area (Å²) >= 11 is 1.74. The summed E-state index contributed by atoms with van der Waals surface area (Å²) in [6.07, 6.45) is 10.6. The number of hydrogen-bond donors (Lipinski definition) is 1. The maximum atomic E-state index is 6.24. The minimum Gasteiger partial charge on any atom is -0.327 e. The first-order chi connectivity index (χ1) is 9.81. The van der Waals surface area contributed by atoms with Gasteiger partial charge in [0.15, 0.2) is 0 Å². The molecule has 2 N–H and O–H groups in total. The molecule has 0 aliphatic heterocycles. The molecule has 0 aromatic carbocycles. The van der Waals surface area contributed by atoms with Crippen molar-refractivity contribution in [3.8, 4) is 0 Å². The molecule has 0 bridgehead atoms. The van der Waals surface area contributed by atoms with E-state index in [1.54, 1.807) is 11.3 Å². The highest BCUT2D eigenvalue weighted by atomic mass is 32.1. The van der Waals surface area contributed by atoms with Gasteiger partial charge >= 0.3 is 0 Å². The van der Waals surface area contributed by atoms with E-state index in [4.69, 9.17) is 10.8 Å². The highest BCUT2D eigenvalue weighted by molar-refractivity contribution is 7.07. The predicted octanol–water partition coefficient (Wildman–Crippen LogP) is 3.56. The third kappa shape index (κ3) is 3.49. The number of nitrogens with two attached hydrogens (primary N) is 1. The first kappa shape index (κ1) is 13.8. The van der Waals surface area contributed by atoms with E-state index < -0.39 is 0 Å². The summed E-state index contributed by atoms with van der Waals surface area (Å²) < 4.78 is 2.17. The zero-order valence-corrected chi connectivity index (χ0v) is 12.7. The van der Waals surface area contributed by atoms with Gasteiger partial charge in [0.1, 0.15) is 0 Å². The molecule has 1 fully saturated rings. The molecule has 1 saturated carbocycles. The van der Waals surface area contributed by atoms with Crippen LogP contribution in [0.25, 0.3) is 0 Å². The fourth-order valence-corrected chi connectivity index (χ4v) is 3.77. The molecule has 0 spiro atoms. The molecule has 0 radical (unpaired) electrons. The van der Waals surface area contributed by atoms with Crippen LogP contribution in [0, 0.1) is 0 Å². The molecule has 20 heavy (non-hydrogen) atoms. The van der Waals surface area contributed by atoms with Crippen LogP contribution in [0.15, 0.2) is 29.1 Å². The van der Waals surface area contributed by atoms with E-state index in [1.165, 1.54) is 37.7 Å². The predicted molar refractivity (Wildman–Crippen MR) is 84.1 cm³/mol. The van der Waals surface area contributed by atoms with Crippen molar-refractivity contribution >= 4 is 11.3 Å². The molecule has 0 saturated heterocycles. The van der Waals surface area contributed by atoms with E-state index in [0.717, 1.165) is 18.5 Å². The quantitative estimate of drug-likeness (QED) is 0.914. The fraction of sp³-hybridized carbons (Fsp3) is 0.562. The second-order valence-electron chi connectivity index (χ2n) is 5.88. The Morgan fingerprint density at radius 1 is 1.25 bits per heavy atom. The van der Waals surface area contributed by atoms with Crippen molar-refractivity contribution in [3.05, 3.63) is 40.3 Å². The van der Waals surface area contributed by atoms with E-state index in [2.05, 4.69) is 33.8 Å². The minimum absolute atomic E-state index is 0.166. The Morgan fingerprint density at radius 2 is 2.10 bits per heavy atom. The highest BCUT2D eigenvalue weighted by Gasteiger charge is 2.16. The summed E-state index contributed by atoms with van der Waals surface area (Å²) in [4.78, 5) is 0. The third-order valence-electron chi connectivity index (χ3n) is 4.16. The molecule has 2 heterocycles. The molecule has 108 valence electrons. The molecule has 1 aliphatic rings. The molecular weight excluding hydrogens is 266 g/mol. The summed E-state index contributed by atoms with van der Waals surface area (Å²) in [6, 6.07) is 5.08. The van der Waals surface area contributed by atoms with Crippen molar-refractivity contribution in [2.24, 2.45) is 5.73 Å². The van der Waals surface area contributed by atoms with Gasteiger partial charge in [0, 0.05) is 18.7 Å². The van der Waals surface area contributed by atoms with Crippen molar-refractivity contribution in [2.75, 3.05) is 0 Å². The van der Waals surface area contributed by atoms with Crippen molar-refractivity contribution in [1.29, 1.82) is 0 Å². The van der Waals surface area contributed by atoms with E-state index in [9.17, 15) is 0 Å². The molecule has 3 rings (SSSR count). The normalized spacial score (nSPS) is 18.2. The molecule has 2 aromatic rings. The number of rotatable bonds is 5. The van der Waals surface area contributed by atoms with Gasteiger partial charge in [-0.05, 0) is 47.7 Å². The largest absolute Gasteiger partial charge is 0.327 e. The Labute approximate surface area is 124 Å². The maximum absolute atomic E-state index is 6.24. The average Bonchev–Trinajstić information content (AvgIpc) is 3.11. The number of nitrogens with zero attached hydrogens (tertiary/aromatic N) is 2. The number of hydrogen-bond acceptors (Lipinski definition) is 3. The topological polar surface area (TPSA) is 43.8 Å². The van der Waals surface area contributed by atoms with Crippen LogP contribution in [0.4, 0.5) is 0 Å². The molecule has 4 heteroatoms. The van der Waals surface area contributed by atoms with Crippen LogP contribution >= 0.6 is 11.3 Å². The summed E-state index contributed by atoms with van der Waals surface area (Å²) in [6.45, 7) is 0. The lowest BCUT2D eigenvalue weighted by molar-refractivity contribution is 0.328. The highest BCUT2D eigenvalue weighted by Crippen LogP contribution is 2.27. The van der Waals surface area contributed by atoms with E-state index in [0.29, 0.717) is 6.04 Å². The molecular formula is C16H23N3S. The van der Waals surface area contributed by atoms with Gasteiger partial charge in [-0.25, -0.2) is 0 Å². The second-order valence-corrected chi connectivity index (χ2v) is 6.66. The molecule has 1 unspecified atom stereocenters. The standard InChI is InChI=1S/C16H23N3S/c17-14(10-13-7-9-20-12-13)11-15-6-8-19(18-15)16-4-2-1-3-5-16/h6-9,12,14,16H,1-5,10-11,17H2. The third-order valence-corrected chi connectivity index (χ3v) is 4.89. The first-order valence-electron chi connectivity index (χ1n) is 7.62. The van der Waals surface area contributed by atoms with Crippen LogP contribution in [0.2, 0.25) is 0 Å². The second kappa shape index (κ2) is 6.55. The number of thiophene rings is 1. The summed E-state index contributed by atoms with van der Waals surface area (Å²) in [5.41, 5.74) is 8.72. The monoisotopic (exact) mass is 289 g/mol. The number of aromatic nitrogens is 2. The maximum Gasteiger partial charge on any atom is 0.0640 e. The van der Waals surface area contributed by atoms with E-state index in [-0.39, 0.29) is 6.04 Å². The van der Waals surface area contributed by atoms with Gasteiger partial charge in [0.25, 0.3) is 0 Å². The van der Waals surface area contributed by atoms with Crippen molar-refractivity contribution in [1.82, 2.24) is 9.78 Å². The Bertz CT molecular complexity index is 512. The molecule has 0 amide bonds. The fourth-order valence-electron chi connectivity index (χ4n) is 3.09. The molecule has 2 aromatic heterocycles. The van der Waals surface area contributed by atoms with Gasteiger partial charge in [-0.3, -0.25) is 4.68 Å². The Kier molecular flexibility index (Phi) is 4.53. The molecule has 3 nitrogen and oxygen atoms in total. The smallest absolute Gasteiger partial charge is 0.0640 e. The van der Waals surface area contributed by atoms with Crippen LogP contribution < -0.4 is 5.73 Å². The van der Waals surface area contributed by atoms with Gasteiger partial charge in [-0.2, -0.15) is 16.4 Å². The lowest BCUT2D eigenvalue weighted by atomic mass is 9.96. The van der Waals surface area contributed by atoms with Crippen molar-refractivity contribution in [3.63, 3.8) is 0 Å². The van der Waals surface area contributed by atoms with Crippen molar-refractivity contribution < 1.29 is 0 Å². The summed E-state index contributed by atoms with van der Waals surface area (Å²) in [5.74, 6) is 0. The van der Waals surface area contributed by atoms with Crippen LogP contribution in [0.5, 0.6) is 0 Å². The lowest BCUT2D eigenvalue weighted by Crippen LogP contribution is -2.25. The average molecular weight is 289 g/mol. The zero-order chi connectivity index (χ0) is 13.8. The first-order valence-corrected chi connectivity index (χ1v) is 8.56. The summed E-state index contributed by atoms with van der Waals surface area (Å²) in [5, 5.41) is 9.03. The lowest BCUT2D eigenvalue weighted by Gasteiger charge is -2.21. The van der Waals surface area contributed by atoms with Gasteiger partial charge < -0.3 is 5.73 Å². The van der Waals surface area contributed by atoms with Gasteiger partial charge in [0.2, 0.25) is 0 Å². The van der Waals surface area contributed by atoms with Crippen LogP contribution in [-0.2, 0) is 12.8 Å². The Hall–Kier alpha value is -1.13. The van der Waals surface area contributed by atoms with Crippen LogP contribution in [0.1, 0.15) is 49.4 Å². The molecule has 1 atom stereocenters. The Morgan fingerprint density at radius 3 is 2.85 bits per heavy atom. The molecule has 1 aliphatic carbocycles. The zero-order valence-electron chi connectivity index (χ0n) is 11.9. The van der Waals surface area contributed by atoms with Crippen LogP contribution in [0.3, 0.4) is 0 Å². The summed E-state index contributed by atoms with van der Waals surface area (Å²) in [7, 11) is 0. The van der Waals surface area contributed by atoms with Crippen LogP contribution in [-0.4, -0.2) is 15.8 Å². The Balaban J connectivity index is 1.56. The van der Waals surface area contributed by atoms with E-state index >= 15 is 0 Å². The van der Waals surface area contributed by atoms with E-state index in [1.807, 2.05) is 0 Å².